The summed E-state index contributed by atoms with van der Waals surface area (Å²) < 4.78 is 0. The Labute approximate surface area is 120 Å². The molecule has 8 heteroatoms. The fourth-order valence-electron chi connectivity index (χ4n) is 2.40. The van der Waals surface area contributed by atoms with Gasteiger partial charge in [-0.05, 0) is 31.9 Å². The van der Waals surface area contributed by atoms with Crippen LogP contribution >= 0.6 is 0 Å². The number of urea groups is 1. The molecule has 8 nitrogen and oxygen atoms in total. The number of amides is 2. The maximum absolute atomic E-state index is 12.1. The van der Waals surface area contributed by atoms with Gasteiger partial charge in [0, 0.05) is 23.9 Å². The van der Waals surface area contributed by atoms with Gasteiger partial charge in [-0.1, -0.05) is 0 Å². The predicted molar refractivity (Wildman–Crippen MR) is 74.2 cm³/mol. The number of anilines is 1. The lowest BCUT2D eigenvalue weighted by Crippen LogP contribution is -2.42. The highest BCUT2D eigenvalue weighted by Gasteiger charge is 2.34. The van der Waals surface area contributed by atoms with Crippen molar-refractivity contribution >= 4 is 23.4 Å². The van der Waals surface area contributed by atoms with E-state index in [9.17, 15) is 19.7 Å². The molecule has 0 spiro atoms. The highest BCUT2D eigenvalue weighted by molar-refractivity contribution is 5.92. The fraction of sp³-hybridized carbons (Fsp3) is 0.385. The van der Waals surface area contributed by atoms with Crippen molar-refractivity contribution in [3.8, 4) is 0 Å². The topological polar surface area (TPSA) is 113 Å². The molecule has 1 fully saturated rings. The summed E-state index contributed by atoms with van der Waals surface area (Å²) in [6.07, 6.45) is 1.08. The summed E-state index contributed by atoms with van der Waals surface area (Å²) in [4.78, 5) is 34.6. The van der Waals surface area contributed by atoms with Crippen molar-refractivity contribution in [2.45, 2.75) is 25.8 Å². The van der Waals surface area contributed by atoms with Gasteiger partial charge >= 0.3 is 12.0 Å². The lowest BCUT2D eigenvalue weighted by atomic mass is 10.2. The molecule has 112 valence electrons. The number of aliphatic carboxylic acids is 1. The number of rotatable bonds is 3. The van der Waals surface area contributed by atoms with Gasteiger partial charge in [-0.15, -0.1) is 0 Å². The molecule has 0 bridgehead atoms. The summed E-state index contributed by atoms with van der Waals surface area (Å²) >= 11 is 0. The molecule has 1 saturated heterocycles. The smallest absolute Gasteiger partial charge is 0.326 e. The number of benzene rings is 1. The number of nitro benzene ring substituents is 1. The number of aryl methyl sites for hydroxylation is 1. The summed E-state index contributed by atoms with van der Waals surface area (Å²) in [5, 5.41) is 22.3. The van der Waals surface area contributed by atoms with Crippen molar-refractivity contribution in [2.24, 2.45) is 0 Å². The van der Waals surface area contributed by atoms with E-state index in [1.54, 1.807) is 6.92 Å². The van der Waals surface area contributed by atoms with Crippen LogP contribution in [0, 0.1) is 17.0 Å². The molecule has 1 atom stereocenters. The molecule has 0 aliphatic carbocycles. The van der Waals surface area contributed by atoms with Crippen LogP contribution in [0.15, 0.2) is 18.2 Å². The third kappa shape index (κ3) is 3.10. The predicted octanol–water partition coefficient (Wildman–Crippen LogP) is 1.98. The molecular formula is C13H15N3O5. The molecule has 2 N–H and O–H groups in total. The van der Waals surface area contributed by atoms with Crippen LogP contribution in [-0.2, 0) is 4.79 Å². The summed E-state index contributed by atoms with van der Waals surface area (Å²) in [6.45, 7) is 1.96. The zero-order chi connectivity index (χ0) is 15.6. The molecule has 0 unspecified atom stereocenters. The molecule has 1 heterocycles. The molecule has 0 saturated carbocycles. The monoisotopic (exact) mass is 293 g/mol. The van der Waals surface area contributed by atoms with Crippen LogP contribution in [0.1, 0.15) is 18.4 Å². The largest absolute Gasteiger partial charge is 0.480 e. The van der Waals surface area contributed by atoms with Crippen LogP contribution in [-0.4, -0.2) is 39.5 Å². The van der Waals surface area contributed by atoms with Gasteiger partial charge in [0.2, 0.25) is 0 Å². The Morgan fingerprint density at radius 1 is 1.48 bits per heavy atom. The second-order valence-corrected chi connectivity index (χ2v) is 4.88. The minimum Gasteiger partial charge on any atom is -0.480 e. The molecule has 1 aromatic rings. The number of likely N-dealkylation sites (tertiary alicyclic amines) is 1. The van der Waals surface area contributed by atoms with Crippen LogP contribution in [0.3, 0.4) is 0 Å². The van der Waals surface area contributed by atoms with Crippen molar-refractivity contribution in [3.05, 3.63) is 33.9 Å². The fourth-order valence-corrected chi connectivity index (χ4v) is 2.40. The van der Waals surface area contributed by atoms with Gasteiger partial charge in [0.1, 0.15) is 6.04 Å². The number of hydrogen-bond donors (Lipinski definition) is 2. The molecule has 1 aliphatic rings. The van der Waals surface area contributed by atoms with Crippen LogP contribution in [0.4, 0.5) is 16.2 Å². The number of hydrogen-bond acceptors (Lipinski definition) is 4. The molecule has 1 aliphatic heterocycles. The summed E-state index contributed by atoms with van der Waals surface area (Å²) in [5.74, 6) is -1.03. The van der Waals surface area contributed by atoms with Crippen LogP contribution in [0.25, 0.3) is 0 Å². The minimum absolute atomic E-state index is 0.0300. The number of nitrogens with one attached hydrogen (secondary N) is 1. The molecule has 0 radical (unpaired) electrons. The van der Waals surface area contributed by atoms with Gasteiger partial charge in [0.25, 0.3) is 5.69 Å². The van der Waals surface area contributed by atoms with Gasteiger partial charge < -0.3 is 15.3 Å². The maximum atomic E-state index is 12.1. The maximum Gasteiger partial charge on any atom is 0.326 e. The summed E-state index contributed by atoms with van der Waals surface area (Å²) in [5.41, 5.74) is 0.797. The number of nitrogens with zero attached hydrogens (tertiary/aromatic N) is 2. The first kappa shape index (κ1) is 14.8. The van der Waals surface area contributed by atoms with Crippen molar-refractivity contribution < 1.29 is 19.6 Å². The van der Waals surface area contributed by atoms with Crippen molar-refractivity contribution in [1.82, 2.24) is 4.90 Å². The van der Waals surface area contributed by atoms with Crippen molar-refractivity contribution in [3.63, 3.8) is 0 Å². The van der Waals surface area contributed by atoms with E-state index in [1.807, 2.05) is 0 Å². The van der Waals surface area contributed by atoms with Gasteiger partial charge in [-0.3, -0.25) is 10.1 Å². The minimum atomic E-state index is -1.03. The summed E-state index contributed by atoms with van der Waals surface area (Å²) in [6, 6.07) is 2.90. The summed E-state index contributed by atoms with van der Waals surface area (Å²) in [7, 11) is 0. The highest BCUT2D eigenvalue weighted by atomic mass is 16.6. The second kappa shape index (κ2) is 5.78. The first-order valence-electron chi connectivity index (χ1n) is 6.45. The van der Waals surface area contributed by atoms with E-state index >= 15 is 0 Å². The zero-order valence-corrected chi connectivity index (χ0v) is 11.4. The third-order valence-corrected chi connectivity index (χ3v) is 3.44. The lowest BCUT2D eigenvalue weighted by molar-refractivity contribution is -0.385. The molecular weight excluding hydrogens is 278 g/mol. The van der Waals surface area contributed by atoms with Crippen LogP contribution < -0.4 is 5.32 Å². The average molecular weight is 293 g/mol. The second-order valence-electron chi connectivity index (χ2n) is 4.88. The van der Waals surface area contributed by atoms with E-state index in [2.05, 4.69) is 5.32 Å². The highest BCUT2D eigenvalue weighted by Crippen LogP contribution is 2.23. The van der Waals surface area contributed by atoms with E-state index in [0.29, 0.717) is 30.6 Å². The van der Waals surface area contributed by atoms with E-state index in [-0.39, 0.29) is 5.69 Å². The molecule has 2 rings (SSSR count). The average Bonchev–Trinajstić information content (AvgIpc) is 2.87. The Balaban J connectivity index is 2.11. The Morgan fingerprint density at radius 2 is 2.19 bits per heavy atom. The number of carboxylic acids is 1. The normalized spacial score (nSPS) is 17.6. The quantitative estimate of drug-likeness (QED) is 0.653. The number of carbonyl (C=O) groups is 2. The van der Waals surface area contributed by atoms with E-state index in [0.717, 1.165) is 0 Å². The SMILES string of the molecule is Cc1cc(NC(=O)N2CCC[C@H]2C(=O)O)ccc1[N+](=O)[O-]. The Bertz CT molecular complexity index is 601. The van der Waals surface area contributed by atoms with E-state index < -0.39 is 23.0 Å². The first-order valence-corrected chi connectivity index (χ1v) is 6.45. The Hall–Kier alpha value is -2.64. The molecule has 21 heavy (non-hydrogen) atoms. The van der Waals surface area contributed by atoms with Gasteiger partial charge in [-0.2, -0.15) is 0 Å². The van der Waals surface area contributed by atoms with Gasteiger partial charge in [0.15, 0.2) is 0 Å². The molecule has 0 aromatic heterocycles. The van der Waals surface area contributed by atoms with E-state index in [4.69, 9.17) is 5.11 Å². The van der Waals surface area contributed by atoms with Crippen molar-refractivity contribution in [2.75, 3.05) is 11.9 Å². The van der Waals surface area contributed by atoms with Crippen LogP contribution in [0.5, 0.6) is 0 Å². The van der Waals surface area contributed by atoms with Crippen molar-refractivity contribution in [1.29, 1.82) is 0 Å². The molecule has 1 aromatic carbocycles. The van der Waals surface area contributed by atoms with Crippen LogP contribution in [0.2, 0.25) is 0 Å². The zero-order valence-electron chi connectivity index (χ0n) is 11.4. The lowest BCUT2D eigenvalue weighted by Gasteiger charge is -2.21. The molecule has 2 amide bonds. The Kier molecular flexibility index (Phi) is 4.06. The number of nitro groups is 1. The van der Waals surface area contributed by atoms with Gasteiger partial charge in [-0.25, -0.2) is 9.59 Å². The first-order chi connectivity index (χ1) is 9.90. The Morgan fingerprint density at radius 3 is 2.76 bits per heavy atom. The van der Waals surface area contributed by atoms with E-state index in [1.165, 1.54) is 23.1 Å². The number of carboxylic acid groups (broad SMARTS) is 1. The standard InChI is InChI=1S/C13H15N3O5/c1-8-7-9(4-5-10(8)16(20)21)14-13(19)15-6-2-3-11(15)12(17)18/h4-5,7,11H,2-3,6H2,1H3,(H,14,19)(H,17,18)/t11-/m0/s1. The third-order valence-electron chi connectivity index (χ3n) is 3.44. The van der Waals surface area contributed by atoms with Gasteiger partial charge in [0.05, 0.1) is 4.92 Å². The number of carbonyl (C=O) groups excluding carboxylic acids is 1.